The quantitative estimate of drug-likeness (QED) is 0.564. The molecule has 1 rings (SSSR count). The van der Waals surface area contributed by atoms with E-state index in [9.17, 15) is 23.3 Å². The molecule has 9 nitrogen and oxygen atoms in total. The number of nitrogens with one attached hydrogen (secondary N) is 1. The summed E-state index contributed by atoms with van der Waals surface area (Å²) in [5.41, 5.74) is -0.138. The van der Waals surface area contributed by atoms with E-state index in [1.54, 1.807) is 4.89 Å². The number of carbonyl (C=O) groups is 1. The SMILES string of the molecule is Cc1ccc([N+](=O)[O-])cc1S(=O)(=O)NOCC(=O)O. The minimum Gasteiger partial charge on any atom is -0.479 e. The molecule has 0 aliphatic heterocycles. The normalized spacial score (nSPS) is 11.2. The third kappa shape index (κ3) is 3.98. The number of hydrogen-bond donors (Lipinski definition) is 2. The molecule has 1 aromatic rings. The highest BCUT2D eigenvalue weighted by molar-refractivity contribution is 7.89. The molecule has 0 bridgehead atoms. The Morgan fingerprint density at radius 2 is 2.16 bits per heavy atom. The Morgan fingerprint density at radius 3 is 2.68 bits per heavy atom. The maximum absolute atomic E-state index is 11.8. The van der Waals surface area contributed by atoms with Gasteiger partial charge in [0.1, 0.15) is 0 Å². The molecule has 0 atom stereocenters. The van der Waals surface area contributed by atoms with Crippen molar-refractivity contribution >= 4 is 21.7 Å². The average Bonchev–Trinajstić information content (AvgIpc) is 2.28. The smallest absolute Gasteiger partial charge is 0.331 e. The van der Waals surface area contributed by atoms with E-state index in [4.69, 9.17) is 5.11 Å². The zero-order chi connectivity index (χ0) is 14.6. The first-order valence-corrected chi connectivity index (χ1v) is 6.33. The van der Waals surface area contributed by atoms with Gasteiger partial charge in [-0.3, -0.25) is 15.0 Å². The summed E-state index contributed by atoms with van der Waals surface area (Å²) in [5, 5.41) is 18.9. The van der Waals surface area contributed by atoms with E-state index in [1.807, 2.05) is 0 Å². The van der Waals surface area contributed by atoms with Crippen molar-refractivity contribution in [1.82, 2.24) is 4.89 Å². The molecule has 1 aromatic carbocycles. The Bertz CT molecular complexity index is 611. The van der Waals surface area contributed by atoms with Crippen LogP contribution in [-0.4, -0.2) is 31.0 Å². The zero-order valence-electron chi connectivity index (χ0n) is 9.69. The summed E-state index contributed by atoms with van der Waals surface area (Å²) < 4.78 is 23.5. The number of carboxylic acids is 1. The molecular formula is C9H10N2O7S. The number of sulfonamides is 1. The summed E-state index contributed by atoms with van der Waals surface area (Å²) in [4.78, 5) is 25.5. The lowest BCUT2D eigenvalue weighted by Crippen LogP contribution is -2.27. The first-order chi connectivity index (χ1) is 8.74. The van der Waals surface area contributed by atoms with E-state index in [0.717, 1.165) is 12.1 Å². The maximum Gasteiger partial charge on any atom is 0.331 e. The molecule has 0 fully saturated rings. The van der Waals surface area contributed by atoms with Crippen molar-refractivity contribution in [3.63, 3.8) is 0 Å². The van der Waals surface area contributed by atoms with Crippen molar-refractivity contribution in [3.05, 3.63) is 33.9 Å². The van der Waals surface area contributed by atoms with Gasteiger partial charge in [0, 0.05) is 12.1 Å². The van der Waals surface area contributed by atoms with Crippen molar-refractivity contribution in [2.45, 2.75) is 11.8 Å². The Labute approximate surface area is 108 Å². The first-order valence-electron chi connectivity index (χ1n) is 4.84. The van der Waals surface area contributed by atoms with E-state index < -0.39 is 33.2 Å². The van der Waals surface area contributed by atoms with Crippen LogP contribution in [0.25, 0.3) is 0 Å². The van der Waals surface area contributed by atoms with Crippen LogP contribution in [0.2, 0.25) is 0 Å². The molecule has 0 saturated heterocycles. The van der Waals surface area contributed by atoms with Crippen LogP contribution in [0, 0.1) is 17.0 Å². The van der Waals surface area contributed by atoms with Crippen molar-refractivity contribution in [2.24, 2.45) is 0 Å². The van der Waals surface area contributed by atoms with Gasteiger partial charge in [-0.25, -0.2) is 13.2 Å². The van der Waals surface area contributed by atoms with Gasteiger partial charge in [0.25, 0.3) is 15.7 Å². The fourth-order valence-corrected chi connectivity index (χ4v) is 2.28. The van der Waals surface area contributed by atoms with Gasteiger partial charge in [0.05, 0.1) is 9.82 Å². The largest absolute Gasteiger partial charge is 0.479 e. The molecule has 0 saturated carbocycles. The van der Waals surface area contributed by atoms with E-state index in [0.29, 0.717) is 0 Å². The summed E-state index contributed by atoms with van der Waals surface area (Å²) in [7, 11) is -4.18. The van der Waals surface area contributed by atoms with Gasteiger partial charge < -0.3 is 5.11 Å². The number of nitrogens with zero attached hydrogens (tertiary/aromatic N) is 1. The molecule has 10 heteroatoms. The van der Waals surface area contributed by atoms with Gasteiger partial charge in [0.2, 0.25) is 0 Å². The molecule has 0 heterocycles. The second kappa shape index (κ2) is 5.73. The van der Waals surface area contributed by atoms with Crippen LogP contribution >= 0.6 is 0 Å². The fourth-order valence-electron chi connectivity index (χ4n) is 1.21. The van der Waals surface area contributed by atoms with Crippen LogP contribution in [0.5, 0.6) is 0 Å². The van der Waals surface area contributed by atoms with E-state index >= 15 is 0 Å². The molecule has 0 radical (unpaired) electrons. The van der Waals surface area contributed by atoms with Gasteiger partial charge >= 0.3 is 5.97 Å². The maximum atomic E-state index is 11.8. The Morgan fingerprint density at radius 1 is 1.53 bits per heavy atom. The monoisotopic (exact) mass is 290 g/mol. The zero-order valence-corrected chi connectivity index (χ0v) is 10.5. The highest BCUT2D eigenvalue weighted by Gasteiger charge is 2.21. The van der Waals surface area contributed by atoms with Crippen LogP contribution < -0.4 is 4.89 Å². The lowest BCUT2D eigenvalue weighted by molar-refractivity contribution is -0.385. The van der Waals surface area contributed by atoms with Crippen molar-refractivity contribution in [3.8, 4) is 0 Å². The van der Waals surface area contributed by atoms with Gasteiger partial charge in [-0.15, -0.1) is 0 Å². The summed E-state index contributed by atoms with van der Waals surface area (Å²) in [6.45, 7) is 0.572. The highest BCUT2D eigenvalue weighted by atomic mass is 32.2. The minimum absolute atomic E-state index is 0.261. The number of benzene rings is 1. The number of non-ortho nitro benzene ring substituents is 1. The summed E-state index contributed by atoms with van der Waals surface area (Å²) >= 11 is 0. The molecule has 0 amide bonds. The number of aliphatic carboxylic acids is 1. The molecule has 104 valence electrons. The highest BCUT2D eigenvalue weighted by Crippen LogP contribution is 2.21. The van der Waals surface area contributed by atoms with Crippen molar-refractivity contribution < 1.29 is 28.1 Å². The number of rotatable bonds is 6. The van der Waals surface area contributed by atoms with Crippen LogP contribution in [0.4, 0.5) is 5.69 Å². The van der Waals surface area contributed by atoms with E-state index in [-0.39, 0.29) is 10.5 Å². The van der Waals surface area contributed by atoms with Crippen LogP contribution in [0.1, 0.15) is 5.56 Å². The predicted octanol–water partition coefficient (Wildman–Crippen LogP) is 0.198. The Hall–Kier alpha value is -2.04. The van der Waals surface area contributed by atoms with Gasteiger partial charge in [-0.1, -0.05) is 11.0 Å². The van der Waals surface area contributed by atoms with E-state index in [1.165, 1.54) is 13.0 Å². The van der Waals surface area contributed by atoms with Gasteiger partial charge in [0.15, 0.2) is 6.61 Å². The number of carboxylic acid groups (broad SMARTS) is 1. The third-order valence-corrected chi connectivity index (χ3v) is 3.39. The first kappa shape index (κ1) is 15.0. The van der Waals surface area contributed by atoms with Gasteiger partial charge in [-0.05, 0) is 12.5 Å². The molecule has 0 aliphatic carbocycles. The van der Waals surface area contributed by atoms with Crippen molar-refractivity contribution in [1.29, 1.82) is 0 Å². The molecule has 2 N–H and O–H groups in total. The Kier molecular flexibility index (Phi) is 4.53. The standard InChI is InChI=1S/C9H10N2O7S/c1-6-2-3-7(11(14)15)4-8(6)19(16,17)10-18-5-9(12)13/h2-4,10H,5H2,1H3,(H,12,13). The summed E-state index contributed by atoms with van der Waals surface area (Å²) in [5.74, 6) is -1.36. The molecule has 0 aromatic heterocycles. The average molecular weight is 290 g/mol. The third-order valence-electron chi connectivity index (χ3n) is 2.04. The summed E-state index contributed by atoms with van der Waals surface area (Å²) in [6.07, 6.45) is 0. The molecule has 0 spiro atoms. The molecule has 0 aliphatic rings. The summed E-state index contributed by atoms with van der Waals surface area (Å²) in [6, 6.07) is 3.29. The second-order valence-corrected chi connectivity index (χ2v) is 5.09. The van der Waals surface area contributed by atoms with Gasteiger partial charge in [-0.2, -0.15) is 0 Å². The number of hydrogen-bond acceptors (Lipinski definition) is 6. The molecule has 0 unspecified atom stereocenters. The molecular weight excluding hydrogens is 280 g/mol. The lowest BCUT2D eigenvalue weighted by atomic mass is 10.2. The van der Waals surface area contributed by atoms with Crippen LogP contribution in [0.3, 0.4) is 0 Å². The minimum atomic E-state index is -4.18. The van der Waals surface area contributed by atoms with Crippen LogP contribution in [0.15, 0.2) is 23.1 Å². The lowest BCUT2D eigenvalue weighted by Gasteiger charge is -2.08. The van der Waals surface area contributed by atoms with Crippen LogP contribution in [-0.2, 0) is 19.7 Å². The predicted molar refractivity (Wildman–Crippen MR) is 61.7 cm³/mol. The Balaban J connectivity index is 3.03. The number of nitro benzene ring substituents is 1. The van der Waals surface area contributed by atoms with E-state index in [2.05, 4.69) is 4.84 Å². The van der Waals surface area contributed by atoms with Crippen molar-refractivity contribution in [2.75, 3.05) is 6.61 Å². The number of nitro groups is 1. The topological polar surface area (TPSA) is 136 Å². The molecule has 19 heavy (non-hydrogen) atoms. The fraction of sp³-hybridized carbons (Fsp3) is 0.222. The number of aryl methyl sites for hydroxylation is 1. The second-order valence-electron chi connectivity index (χ2n) is 3.48.